The quantitative estimate of drug-likeness (QED) is 0.876. The summed E-state index contributed by atoms with van der Waals surface area (Å²) >= 11 is 12.1. The smallest absolute Gasteiger partial charge is 0.242 e. The van der Waals surface area contributed by atoms with Gasteiger partial charge in [0.05, 0.1) is 5.02 Å². The van der Waals surface area contributed by atoms with Crippen LogP contribution >= 0.6 is 23.2 Å². The number of sulfonamides is 1. The van der Waals surface area contributed by atoms with Crippen LogP contribution in [0.15, 0.2) is 41.4 Å². The number of pyridine rings is 1. The fourth-order valence-corrected chi connectivity index (χ4v) is 4.82. The van der Waals surface area contributed by atoms with Crippen molar-refractivity contribution in [2.24, 2.45) is 0 Å². The summed E-state index contributed by atoms with van der Waals surface area (Å²) < 4.78 is 28.0. The van der Waals surface area contributed by atoms with E-state index in [0.29, 0.717) is 23.6 Å². The van der Waals surface area contributed by atoms with Crippen molar-refractivity contribution in [3.8, 4) is 0 Å². The lowest BCUT2D eigenvalue weighted by atomic mass is 10.2. The monoisotopic (exact) mass is 385 g/mol. The molecule has 128 valence electrons. The molecular weight excluding hydrogens is 369 g/mol. The van der Waals surface area contributed by atoms with E-state index in [1.807, 2.05) is 18.2 Å². The Kier molecular flexibility index (Phi) is 5.01. The number of nitrogens with one attached hydrogen (secondary N) is 1. The Morgan fingerprint density at radius 1 is 1.25 bits per heavy atom. The molecule has 8 heteroatoms. The first-order valence-electron chi connectivity index (χ1n) is 7.51. The maximum Gasteiger partial charge on any atom is 0.242 e. The molecule has 5 nitrogen and oxygen atoms in total. The molecule has 0 aliphatic carbocycles. The second kappa shape index (κ2) is 6.88. The minimum absolute atomic E-state index is 0.0577. The third-order valence-electron chi connectivity index (χ3n) is 3.99. The highest BCUT2D eigenvalue weighted by Crippen LogP contribution is 2.29. The number of hydrogen-bond acceptors (Lipinski definition) is 4. The van der Waals surface area contributed by atoms with E-state index in [0.717, 1.165) is 12.4 Å². The van der Waals surface area contributed by atoms with E-state index in [-0.39, 0.29) is 16.0 Å². The Morgan fingerprint density at radius 3 is 2.75 bits per heavy atom. The number of aryl methyl sites for hydroxylation is 1. The topological polar surface area (TPSA) is 62.3 Å². The molecule has 1 fully saturated rings. The van der Waals surface area contributed by atoms with Crippen LogP contribution in [0.3, 0.4) is 0 Å². The van der Waals surface area contributed by atoms with Crippen molar-refractivity contribution in [1.29, 1.82) is 0 Å². The van der Waals surface area contributed by atoms with Gasteiger partial charge in [-0.25, -0.2) is 18.1 Å². The zero-order chi connectivity index (χ0) is 17.3. The Morgan fingerprint density at radius 2 is 2.04 bits per heavy atom. The molecule has 0 spiro atoms. The molecule has 1 aromatic carbocycles. The summed E-state index contributed by atoms with van der Waals surface area (Å²) in [5, 5.41) is 0.568. The average molecular weight is 386 g/mol. The SMILES string of the molecule is Cc1cc(S(=O)(=O)NC2CCN(c3ccccn3)C2)c(Cl)cc1Cl. The molecular formula is C16H17Cl2N3O2S. The summed E-state index contributed by atoms with van der Waals surface area (Å²) in [6.45, 7) is 3.06. The highest BCUT2D eigenvalue weighted by molar-refractivity contribution is 7.89. The molecule has 1 aliphatic rings. The van der Waals surface area contributed by atoms with Crippen molar-refractivity contribution in [3.05, 3.63) is 52.1 Å². The third kappa shape index (κ3) is 3.67. The van der Waals surface area contributed by atoms with Crippen molar-refractivity contribution in [1.82, 2.24) is 9.71 Å². The van der Waals surface area contributed by atoms with Gasteiger partial charge in [-0.3, -0.25) is 0 Å². The Hall–Kier alpha value is -1.34. The van der Waals surface area contributed by atoms with E-state index in [1.165, 1.54) is 12.1 Å². The molecule has 0 bridgehead atoms. The number of benzene rings is 1. The summed E-state index contributed by atoms with van der Waals surface area (Å²) in [4.78, 5) is 6.41. The van der Waals surface area contributed by atoms with Crippen LogP contribution in [0.5, 0.6) is 0 Å². The third-order valence-corrected chi connectivity index (χ3v) is 6.38. The predicted molar refractivity (Wildman–Crippen MR) is 96.4 cm³/mol. The van der Waals surface area contributed by atoms with Gasteiger partial charge in [0.1, 0.15) is 10.7 Å². The molecule has 1 aromatic heterocycles. The summed E-state index contributed by atoms with van der Waals surface area (Å²) in [5.41, 5.74) is 0.669. The number of halogens is 2. The number of nitrogens with zero attached hydrogens (tertiary/aromatic N) is 2. The molecule has 2 heterocycles. The fraction of sp³-hybridized carbons (Fsp3) is 0.312. The largest absolute Gasteiger partial charge is 0.355 e. The minimum Gasteiger partial charge on any atom is -0.355 e. The molecule has 24 heavy (non-hydrogen) atoms. The predicted octanol–water partition coefficient (Wildman–Crippen LogP) is 3.25. The first-order valence-corrected chi connectivity index (χ1v) is 9.75. The summed E-state index contributed by atoms with van der Waals surface area (Å²) in [5.74, 6) is 0.847. The van der Waals surface area contributed by atoms with E-state index in [1.54, 1.807) is 13.1 Å². The van der Waals surface area contributed by atoms with Gasteiger partial charge in [-0.05, 0) is 43.2 Å². The molecule has 0 saturated carbocycles. The molecule has 0 amide bonds. The molecule has 1 N–H and O–H groups in total. The minimum atomic E-state index is -3.71. The van der Waals surface area contributed by atoms with Crippen LogP contribution < -0.4 is 9.62 Å². The van der Waals surface area contributed by atoms with Gasteiger partial charge >= 0.3 is 0 Å². The zero-order valence-corrected chi connectivity index (χ0v) is 15.4. The Bertz CT molecular complexity index is 844. The van der Waals surface area contributed by atoms with Crippen LogP contribution in [-0.2, 0) is 10.0 Å². The average Bonchev–Trinajstić information content (AvgIpc) is 2.99. The van der Waals surface area contributed by atoms with Gasteiger partial charge in [-0.2, -0.15) is 0 Å². The number of anilines is 1. The van der Waals surface area contributed by atoms with Crippen molar-refractivity contribution >= 4 is 39.0 Å². The normalized spacial score (nSPS) is 18.1. The molecule has 1 saturated heterocycles. The summed E-state index contributed by atoms with van der Waals surface area (Å²) in [6, 6.07) is 8.45. The molecule has 3 rings (SSSR count). The van der Waals surface area contributed by atoms with Crippen LogP contribution in [-0.4, -0.2) is 32.5 Å². The van der Waals surface area contributed by atoms with Crippen LogP contribution in [0.4, 0.5) is 5.82 Å². The van der Waals surface area contributed by atoms with E-state index < -0.39 is 10.0 Å². The van der Waals surface area contributed by atoms with Crippen molar-refractivity contribution < 1.29 is 8.42 Å². The number of hydrogen-bond donors (Lipinski definition) is 1. The number of rotatable bonds is 4. The molecule has 1 unspecified atom stereocenters. The maximum absolute atomic E-state index is 12.6. The first-order chi connectivity index (χ1) is 11.4. The van der Waals surface area contributed by atoms with E-state index >= 15 is 0 Å². The van der Waals surface area contributed by atoms with Gasteiger partial charge in [0.25, 0.3) is 0 Å². The fourth-order valence-electron chi connectivity index (χ4n) is 2.72. The van der Waals surface area contributed by atoms with Gasteiger partial charge < -0.3 is 4.90 Å². The van der Waals surface area contributed by atoms with Crippen molar-refractivity contribution in [2.75, 3.05) is 18.0 Å². The number of aromatic nitrogens is 1. The first kappa shape index (κ1) is 17.5. The van der Waals surface area contributed by atoms with Crippen LogP contribution in [0, 0.1) is 6.92 Å². The standard InChI is InChI=1S/C16H17Cl2N3O2S/c1-11-8-15(14(18)9-13(11)17)24(22,23)20-12-5-7-21(10-12)16-4-2-3-6-19-16/h2-4,6,8-9,12,20H,5,7,10H2,1H3. The van der Waals surface area contributed by atoms with E-state index in [9.17, 15) is 8.42 Å². The lowest BCUT2D eigenvalue weighted by Gasteiger charge is -2.18. The molecule has 0 radical (unpaired) electrons. The lowest BCUT2D eigenvalue weighted by Crippen LogP contribution is -2.37. The lowest BCUT2D eigenvalue weighted by molar-refractivity contribution is 0.561. The van der Waals surface area contributed by atoms with Gasteiger partial charge in [0, 0.05) is 30.4 Å². The second-order valence-electron chi connectivity index (χ2n) is 5.77. The van der Waals surface area contributed by atoms with Crippen LogP contribution in [0.2, 0.25) is 10.0 Å². The highest BCUT2D eigenvalue weighted by Gasteiger charge is 2.29. The highest BCUT2D eigenvalue weighted by atomic mass is 35.5. The van der Waals surface area contributed by atoms with E-state index in [2.05, 4.69) is 14.6 Å². The zero-order valence-electron chi connectivity index (χ0n) is 13.0. The Balaban J connectivity index is 1.75. The van der Waals surface area contributed by atoms with Crippen LogP contribution in [0.1, 0.15) is 12.0 Å². The molecule has 1 aliphatic heterocycles. The summed E-state index contributed by atoms with van der Waals surface area (Å²) in [6.07, 6.45) is 2.43. The van der Waals surface area contributed by atoms with Gasteiger partial charge in [0.15, 0.2) is 0 Å². The van der Waals surface area contributed by atoms with Crippen molar-refractivity contribution in [2.45, 2.75) is 24.3 Å². The molecule has 2 aromatic rings. The Labute approximate surface area is 151 Å². The van der Waals surface area contributed by atoms with E-state index in [4.69, 9.17) is 23.2 Å². The van der Waals surface area contributed by atoms with Gasteiger partial charge in [-0.1, -0.05) is 29.3 Å². The van der Waals surface area contributed by atoms with Crippen LogP contribution in [0.25, 0.3) is 0 Å². The maximum atomic E-state index is 12.6. The second-order valence-corrected chi connectivity index (χ2v) is 8.27. The molecule has 1 atom stereocenters. The van der Waals surface area contributed by atoms with Gasteiger partial charge in [0.2, 0.25) is 10.0 Å². The summed E-state index contributed by atoms with van der Waals surface area (Å²) in [7, 11) is -3.71. The van der Waals surface area contributed by atoms with Gasteiger partial charge in [-0.15, -0.1) is 0 Å². The van der Waals surface area contributed by atoms with Crippen molar-refractivity contribution in [3.63, 3.8) is 0 Å².